The third-order valence-electron chi connectivity index (χ3n) is 3.00. The first-order valence-electron chi connectivity index (χ1n) is 6.28. The summed E-state index contributed by atoms with van der Waals surface area (Å²) in [6.07, 6.45) is 0. The first-order valence-corrected chi connectivity index (χ1v) is 6.28. The molecule has 0 aromatic heterocycles. The Labute approximate surface area is 116 Å². The minimum absolute atomic E-state index is 0.580. The number of anilines is 2. The molecule has 20 heavy (non-hydrogen) atoms. The van der Waals surface area contributed by atoms with E-state index in [4.69, 9.17) is 11.5 Å². The Morgan fingerprint density at radius 2 is 1.40 bits per heavy atom. The molecule has 3 rings (SSSR count). The molecule has 0 radical (unpaired) electrons. The highest BCUT2D eigenvalue weighted by Crippen LogP contribution is 2.28. The lowest BCUT2D eigenvalue weighted by Crippen LogP contribution is -1.88. The van der Waals surface area contributed by atoms with Crippen LogP contribution in [0.1, 0.15) is 0 Å². The van der Waals surface area contributed by atoms with E-state index < -0.39 is 0 Å². The monoisotopic (exact) mass is 262 g/mol. The molecule has 0 unspecified atom stereocenters. The van der Waals surface area contributed by atoms with Crippen molar-refractivity contribution in [2.75, 3.05) is 11.5 Å². The van der Waals surface area contributed by atoms with Crippen molar-refractivity contribution in [1.29, 1.82) is 0 Å². The van der Waals surface area contributed by atoms with Gasteiger partial charge in [0.15, 0.2) is 0 Å². The number of hydrogen-bond acceptors (Lipinski definition) is 4. The van der Waals surface area contributed by atoms with E-state index in [0.717, 1.165) is 16.5 Å². The highest BCUT2D eigenvalue weighted by molar-refractivity contribution is 5.92. The van der Waals surface area contributed by atoms with Gasteiger partial charge in [-0.05, 0) is 29.7 Å². The summed E-state index contributed by atoms with van der Waals surface area (Å²) in [4.78, 5) is 0. The van der Waals surface area contributed by atoms with Crippen LogP contribution in [0.4, 0.5) is 22.7 Å². The van der Waals surface area contributed by atoms with Crippen LogP contribution in [0.2, 0.25) is 0 Å². The molecule has 4 nitrogen and oxygen atoms in total. The van der Waals surface area contributed by atoms with E-state index in [0.29, 0.717) is 17.1 Å². The molecule has 0 heterocycles. The van der Waals surface area contributed by atoms with Gasteiger partial charge in [0.1, 0.15) is 0 Å². The summed E-state index contributed by atoms with van der Waals surface area (Å²) in [5, 5.41) is 10.7. The molecule has 4 N–H and O–H groups in total. The van der Waals surface area contributed by atoms with Crippen molar-refractivity contribution in [3.63, 3.8) is 0 Å². The number of nitrogens with zero attached hydrogens (tertiary/aromatic N) is 2. The molecular formula is C16H14N4. The molecule has 0 spiro atoms. The van der Waals surface area contributed by atoms with Crippen LogP contribution >= 0.6 is 0 Å². The van der Waals surface area contributed by atoms with E-state index in [-0.39, 0.29) is 0 Å². The van der Waals surface area contributed by atoms with E-state index in [1.807, 2.05) is 42.5 Å². The molecule has 0 saturated heterocycles. The predicted molar refractivity (Wildman–Crippen MR) is 83.4 cm³/mol. The van der Waals surface area contributed by atoms with E-state index in [2.05, 4.69) is 10.2 Å². The van der Waals surface area contributed by atoms with Crippen LogP contribution in [0.15, 0.2) is 70.9 Å². The molecule has 0 aliphatic carbocycles. The standard InChI is InChI=1S/C16H14N4/c17-12-8-13(18)10-14(9-12)19-20-16-7-3-5-11-4-1-2-6-15(11)16/h1-10H,17-18H2. The van der Waals surface area contributed by atoms with Gasteiger partial charge in [0.2, 0.25) is 0 Å². The number of benzene rings is 3. The summed E-state index contributed by atoms with van der Waals surface area (Å²) in [6, 6.07) is 19.2. The van der Waals surface area contributed by atoms with Gasteiger partial charge in [0.25, 0.3) is 0 Å². The van der Waals surface area contributed by atoms with E-state index >= 15 is 0 Å². The molecule has 0 aliphatic heterocycles. The van der Waals surface area contributed by atoms with Gasteiger partial charge in [-0.3, -0.25) is 0 Å². The number of rotatable bonds is 2. The molecule has 0 saturated carbocycles. The fourth-order valence-corrected chi connectivity index (χ4v) is 2.12. The summed E-state index contributed by atoms with van der Waals surface area (Å²) in [5.41, 5.74) is 14.1. The molecule has 3 aromatic carbocycles. The van der Waals surface area contributed by atoms with E-state index in [1.165, 1.54) is 0 Å². The fraction of sp³-hybridized carbons (Fsp3) is 0. The van der Waals surface area contributed by atoms with Crippen molar-refractivity contribution in [3.8, 4) is 0 Å². The number of nitrogens with two attached hydrogens (primary N) is 2. The molecule has 0 amide bonds. The van der Waals surface area contributed by atoms with Crippen molar-refractivity contribution in [2.45, 2.75) is 0 Å². The van der Waals surface area contributed by atoms with Crippen molar-refractivity contribution in [1.82, 2.24) is 0 Å². The molecule has 98 valence electrons. The Hall–Kier alpha value is -2.88. The lowest BCUT2D eigenvalue weighted by atomic mass is 10.1. The van der Waals surface area contributed by atoms with Gasteiger partial charge >= 0.3 is 0 Å². The smallest absolute Gasteiger partial charge is 0.0935 e. The van der Waals surface area contributed by atoms with Crippen LogP contribution in [-0.2, 0) is 0 Å². The maximum Gasteiger partial charge on any atom is 0.0935 e. The first kappa shape index (κ1) is 12.2. The summed E-state index contributed by atoms with van der Waals surface area (Å²) in [7, 11) is 0. The van der Waals surface area contributed by atoms with Gasteiger partial charge in [-0.15, -0.1) is 5.11 Å². The zero-order chi connectivity index (χ0) is 13.9. The topological polar surface area (TPSA) is 76.8 Å². The molecule has 3 aromatic rings. The van der Waals surface area contributed by atoms with Crippen LogP contribution in [0.25, 0.3) is 10.8 Å². The average Bonchev–Trinajstić information content (AvgIpc) is 2.44. The molecule has 4 heteroatoms. The Bertz CT molecular complexity index is 768. The van der Waals surface area contributed by atoms with Crippen LogP contribution in [-0.4, -0.2) is 0 Å². The third kappa shape index (κ3) is 2.44. The minimum atomic E-state index is 0.580. The van der Waals surface area contributed by atoms with E-state index in [9.17, 15) is 0 Å². The number of nitrogen functional groups attached to an aromatic ring is 2. The summed E-state index contributed by atoms with van der Waals surface area (Å²) in [6.45, 7) is 0. The largest absolute Gasteiger partial charge is 0.399 e. The molecule has 0 atom stereocenters. The molecule has 0 bridgehead atoms. The van der Waals surface area contributed by atoms with Gasteiger partial charge in [-0.1, -0.05) is 36.4 Å². The number of azo groups is 1. The second kappa shape index (κ2) is 5.01. The second-order valence-corrected chi connectivity index (χ2v) is 4.56. The second-order valence-electron chi connectivity index (χ2n) is 4.56. The summed E-state index contributed by atoms with van der Waals surface area (Å²) < 4.78 is 0. The maximum absolute atomic E-state index is 5.74. The fourth-order valence-electron chi connectivity index (χ4n) is 2.12. The highest BCUT2D eigenvalue weighted by Gasteiger charge is 1.99. The van der Waals surface area contributed by atoms with Crippen LogP contribution in [0.3, 0.4) is 0 Å². The predicted octanol–water partition coefficient (Wildman–Crippen LogP) is 4.42. The zero-order valence-corrected chi connectivity index (χ0v) is 10.8. The normalized spacial score (nSPS) is 11.2. The van der Waals surface area contributed by atoms with Gasteiger partial charge in [0.05, 0.1) is 11.4 Å². The SMILES string of the molecule is Nc1cc(N)cc(N=Nc2cccc3ccccc23)c1. The van der Waals surface area contributed by atoms with Crippen LogP contribution < -0.4 is 11.5 Å². The van der Waals surface area contributed by atoms with Gasteiger partial charge < -0.3 is 11.5 Å². The highest BCUT2D eigenvalue weighted by atomic mass is 15.1. The number of fused-ring (bicyclic) bond motifs is 1. The van der Waals surface area contributed by atoms with Crippen LogP contribution in [0.5, 0.6) is 0 Å². The van der Waals surface area contributed by atoms with Crippen molar-refractivity contribution in [2.24, 2.45) is 10.2 Å². The molecular weight excluding hydrogens is 248 g/mol. The van der Waals surface area contributed by atoms with Crippen molar-refractivity contribution in [3.05, 3.63) is 60.7 Å². The van der Waals surface area contributed by atoms with Gasteiger partial charge in [-0.25, -0.2) is 0 Å². The summed E-state index contributed by atoms with van der Waals surface area (Å²) in [5.74, 6) is 0. The lowest BCUT2D eigenvalue weighted by Gasteiger charge is -2.01. The van der Waals surface area contributed by atoms with Gasteiger partial charge in [0, 0.05) is 16.8 Å². The quantitative estimate of drug-likeness (QED) is 0.529. The lowest BCUT2D eigenvalue weighted by molar-refractivity contribution is 1.24. The Morgan fingerprint density at radius 1 is 0.700 bits per heavy atom. The first-order chi connectivity index (χ1) is 9.72. The zero-order valence-electron chi connectivity index (χ0n) is 10.8. The molecule has 0 aliphatic rings. The van der Waals surface area contributed by atoms with Crippen molar-refractivity contribution >= 4 is 33.5 Å². The minimum Gasteiger partial charge on any atom is -0.399 e. The molecule has 0 fully saturated rings. The number of hydrogen-bond donors (Lipinski definition) is 2. The Balaban J connectivity index is 2.02. The van der Waals surface area contributed by atoms with Crippen molar-refractivity contribution < 1.29 is 0 Å². The van der Waals surface area contributed by atoms with Crippen LogP contribution in [0, 0.1) is 0 Å². The average molecular weight is 262 g/mol. The Kier molecular flexibility index (Phi) is 3.05. The van der Waals surface area contributed by atoms with E-state index in [1.54, 1.807) is 18.2 Å². The third-order valence-corrected chi connectivity index (χ3v) is 3.00. The van der Waals surface area contributed by atoms with Gasteiger partial charge in [-0.2, -0.15) is 5.11 Å². The Morgan fingerprint density at radius 3 is 2.20 bits per heavy atom. The summed E-state index contributed by atoms with van der Waals surface area (Å²) >= 11 is 0. The maximum atomic E-state index is 5.74.